The van der Waals surface area contributed by atoms with Crippen molar-refractivity contribution >= 4 is 5.91 Å². The molecule has 2 rings (SSSR count). The molecule has 1 amide bonds. The maximum Gasteiger partial charge on any atom is 0.220 e. The third kappa shape index (κ3) is 4.35. The van der Waals surface area contributed by atoms with Crippen LogP contribution in [0.5, 0.6) is 0 Å². The van der Waals surface area contributed by atoms with Crippen LogP contribution in [0.3, 0.4) is 0 Å². The molecule has 0 bridgehead atoms. The fourth-order valence-electron chi connectivity index (χ4n) is 2.75. The van der Waals surface area contributed by atoms with Gasteiger partial charge in [0, 0.05) is 19.0 Å². The Morgan fingerprint density at radius 1 is 1.37 bits per heavy atom. The Kier molecular flexibility index (Phi) is 4.97. The quantitative estimate of drug-likeness (QED) is 0.899. The highest BCUT2D eigenvalue weighted by Crippen LogP contribution is 2.15. The molecule has 2 atom stereocenters. The van der Waals surface area contributed by atoms with Gasteiger partial charge in [0.1, 0.15) is 0 Å². The van der Waals surface area contributed by atoms with Crippen molar-refractivity contribution in [3.63, 3.8) is 0 Å². The second-order valence-electron chi connectivity index (χ2n) is 5.69. The molecule has 3 nitrogen and oxygen atoms in total. The number of nitrogens with zero attached hydrogens (tertiary/aromatic N) is 1. The Balaban J connectivity index is 1.75. The maximum absolute atomic E-state index is 12.0. The Morgan fingerprint density at radius 2 is 2.11 bits per heavy atom. The van der Waals surface area contributed by atoms with Crippen molar-refractivity contribution < 1.29 is 4.79 Å². The molecule has 0 saturated carbocycles. The highest BCUT2D eigenvalue weighted by Gasteiger charge is 2.25. The van der Waals surface area contributed by atoms with Crippen molar-refractivity contribution in [3.05, 3.63) is 35.9 Å². The first-order valence-electron chi connectivity index (χ1n) is 7.17. The van der Waals surface area contributed by atoms with E-state index in [1.165, 1.54) is 5.56 Å². The zero-order valence-electron chi connectivity index (χ0n) is 11.9. The second-order valence-corrected chi connectivity index (χ2v) is 5.69. The number of aryl methyl sites for hydroxylation is 1. The molecule has 104 valence electrons. The van der Waals surface area contributed by atoms with E-state index in [-0.39, 0.29) is 5.91 Å². The number of amides is 1. The van der Waals surface area contributed by atoms with Crippen LogP contribution in [-0.2, 0) is 11.2 Å². The number of hydrogen-bond donors (Lipinski definition) is 1. The summed E-state index contributed by atoms with van der Waals surface area (Å²) in [5.41, 5.74) is 1.23. The van der Waals surface area contributed by atoms with Crippen molar-refractivity contribution in [1.82, 2.24) is 10.2 Å². The van der Waals surface area contributed by atoms with Gasteiger partial charge in [-0.05, 0) is 37.9 Å². The third-order valence-corrected chi connectivity index (χ3v) is 3.94. The van der Waals surface area contributed by atoms with E-state index in [2.05, 4.69) is 36.3 Å². The third-order valence-electron chi connectivity index (χ3n) is 3.94. The minimum absolute atomic E-state index is 0.185. The molecule has 19 heavy (non-hydrogen) atoms. The molecule has 0 spiro atoms. The fraction of sp³-hybridized carbons (Fsp3) is 0.562. The summed E-state index contributed by atoms with van der Waals surface area (Å²) >= 11 is 0. The van der Waals surface area contributed by atoms with Gasteiger partial charge in [0.25, 0.3) is 0 Å². The molecular formula is C16H24N2O. The predicted octanol–water partition coefficient (Wildman–Crippen LogP) is 2.08. The number of nitrogens with one attached hydrogen (secondary N) is 1. The smallest absolute Gasteiger partial charge is 0.220 e. The van der Waals surface area contributed by atoms with Crippen LogP contribution in [0.25, 0.3) is 0 Å². The highest BCUT2D eigenvalue weighted by atomic mass is 16.1. The summed E-state index contributed by atoms with van der Waals surface area (Å²) in [5, 5.41) is 3.19. The molecule has 0 aliphatic carbocycles. The molecule has 3 heteroatoms. The normalized spacial score (nSPS) is 24.1. The van der Waals surface area contributed by atoms with Gasteiger partial charge in [-0.3, -0.25) is 4.79 Å². The highest BCUT2D eigenvalue weighted by molar-refractivity contribution is 5.76. The van der Waals surface area contributed by atoms with Crippen molar-refractivity contribution in [2.45, 2.75) is 32.2 Å². The van der Waals surface area contributed by atoms with Gasteiger partial charge < -0.3 is 10.2 Å². The zero-order chi connectivity index (χ0) is 13.7. The lowest BCUT2D eigenvalue weighted by Crippen LogP contribution is -2.48. The number of hydrogen-bond acceptors (Lipinski definition) is 2. The van der Waals surface area contributed by atoms with Gasteiger partial charge in [-0.15, -0.1) is 0 Å². The molecular weight excluding hydrogens is 236 g/mol. The zero-order valence-corrected chi connectivity index (χ0v) is 11.9. The molecule has 0 unspecified atom stereocenters. The van der Waals surface area contributed by atoms with Crippen LogP contribution in [0.4, 0.5) is 0 Å². The van der Waals surface area contributed by atoms with E-state index in [4.69, 9.17) is 0 Å². The average Bonchev–Trinajstić information content (AvgIpc) is 2.41. The number of benzene rings is 1. The van der Waals surface area contributed by atoms with E-state index < -0.39 is 0 Å². The number of piperidine rings is 1. The Hall–Kier alpha value is -1.35. The molecule has 1 fully saturated rings. The van der Waals surface area contributed by atoms with Gasteiger partial charge in [0.2, 0.25) is 5.91 Å². The topological polar surface area (TPSA) is 32.3 Å². The van der Waals surface area contributed by atoms with Crippen LogP contribution in [0, 0.1) is 5.92 Å². The first-order chi connectivity index (χ1) is 9.15. The summed E-state index contributed by atoms with van der Waals surface area (Å²) < 4.78 is 0. The van der Waals surface area contributed by atoms with Crippen molar-refractivity contribution in [3.8, 4) is 0 Å². The minimum Gasteiger partial charge on any atom is -0.353 e. The molecule has 1 aliphatic rings. The molecule has 0 radical (unpaired) electrons. The van der Waals surface area contributed by atoms with Crippen LogP contribution < -0.4 is 5.32 Å². The summed E-state index contributed by atoms with van der Waals surface area (Å²) in [6.45, 7) is 4.37. The van der Waals surface area contributed by atoms with Gasteiger partial charge in [0.15, 0.2) is 0 Å². The minimum atomic E-state index is 0.185. The molecule has 1 aromatic carbocycles. The van der Waals surface area contributed by atoms with E-state index >= 15 is 0 Å². The predicted molar refractivity (Wildman–Crippen MR) is 78.0 cm³/mol. The van der Waals surface area contributed by atoms with Crippen molar-refractivity contribution in [2.24, 2.45) is 5.92 Å². The summed E-state index contributed by atoms with van der Waals surface area (Å²) in [4.78, 5) is 14.3. The summed E-state index contributed by atoms with van der Waals surface area (Å²) in [5.74, 6) is 0.727. The largest absolute Gasteiger partial charge is 0.353 e. The Morgan fingerprint density at radius 3 is 2.79 bits per heavy atom. The number of carbonyl (C=O) groups excluding carboxylic acids is 1. The molecule has 1 aromatic rings. The molecule has 1 saturated heterocycles. The summed E-state index contributed by atoms with van der Waals surface area (Å²) in [6, 6.07) is 10.5. The van der Waals surface area contributed by atoms with Gasteiger partial charge >= 0.3 is 0 Å². The number of carbonyl (C=O) groups is 1. The lowest BCUT2D eigenvalue weighted by atomic mass is 9.94. The standard InChI is InChI=1S/C16H24N2O/c1-13-12-18(2)11-10-15(13)17-16(19)9-8-14-6-4-3-5-7-14/h3-7,13,15H,8-12H2,1-2H3,(H,17,19)/t13-,15-/m1/s1. The van der Waals surface area contributed by atoms with Gasteiger partial charge in [-0.1, -0.05) is 37.3 Å². The summed E-state index contributed by atoms with van der Waals surface area (Å²) in [7, 11) is 2.14. The number of likely N-dealkylation sites (tertiary alicyclic amines) is 1. The molecule has 0 aromatic heterocycles. The van der Waals surface area contributed by atoms with Gasteiger partial charge in [-0.25, -0.2) is 0 Å². The monoisotopic (exact) mass is 260 g/mol. The Bertz CT molecular complexity index is 404. The van der Waals surface area contributed by atoms with E-state index in [0.29, 0.717) is 18.4 Å². The molecule has 1 heterocycles. The van der Waals surface area contributed by atoms with Gasteiger partial charge in [0.05, 0.1) is 0 Å². The van der Waals surface area contributed by atoms with Crippen LogP contribution in [0.2, 0.25) is 0 Å². The Labute approximate surface area is 116 Å². The van der Waals surface area contributed by atoms with Gasteiger partial charge in [-0.2, -0.15) is 0 Å². The lowest BCUT2D eigenvalue weighted by molar-refractivity contribution is -0.122. The van der Waals surface area contributed by atoms with E-state index in [9.17, 15) is 4.79 Å². The van der Waals surface area contributed by atoms with Crippen LogP contribution in [0.1, 0.15) is 25.3 Å². The lowest BCUT2D eigenvalue weighted by Gasteiger charge is -2.35. The number of rotatable bonds is 4. The van der Waals surface area contributed by atoms with E-state index in [1.54, 1.807) is 0 Å². The van der Waals surface area contributed by atoms with Crippen LogP contribution in [-0.4, -0.2) is 37.0 Å². The first-order valence-corrected chi connectivity index (χ1v) is 7.17. The second kappa shape index (κ2) is 6.71. The summed E-state index contributed by atoms with van der Waals surface area (Å²) in [6.07, 6.45) is 2.48. The molecule has 1 N–H and O–H groups in total. The average molecular weight is 260 g/mol. The van der Waals surface area contributed by atoms with E-state index in [1.807, 2.05) is 18.2 Å². The fourth-order valence-corrected chi connectivity index (χ4v) is 2.75. The van der Waals surface area contributed by atoms with Crippen LogP contribution in [0.15, 0.2) is 30.3 Å². The van der Waals surface area contributed by atoms with Crippen LogP contribution >= 0.6 is 0 Å². The molecule has 1 aliphatic heterocycles. The van der Waals surface area contributed by atoms with Crippen molar-refractivity contribution in [1.29, 1.82) is 0 Å². The maximum atomic E-state index is 12.0. The SMILES string of the molecule is C[C@@H]1CN(C)CC[C@H]1NC(=O)CCc1ccccc1. The van der Waals surface area contributed by atoms with E-state index in [0.717, 1.165) is 25.9 Å². The first kappa shape index (κ1) is 14.1. The van der Waals surface area contributed by atoms with Crippen molar-refractivity contribution in [2.75, 3.05) is 20.1 Å².